The zero-order chi connectivity index (χ0) is 20.6. The Morgan fingerprint density at radius 2 is 0.536 bits per heavy atom. The molecule has 0 spiro atoms. The molecule has 0 aliphatic carbocycles. The van der Waals surface area contributed by atoms with Crippen LogP contribution in [-0.4, -0.2) is 0 Å². The molecule has 144 valence electrons. The summed E-state index contributed by atoms with van der Waals surface area (Å²) in [6.45, 7) is 17.4. The molecule has 0 unspecified atom stereocenters. The van der Waals surface area contributed by atoms with E-state index >= 15 is 0 Å². The number of benzene rings is 4. The molecular weight excluding hydrogens is 336 g/mol. The minimum absolute atomic E-state index is 1.36. The summed E-state index contributed by atoms with van der Waals surface area (Å²) < 4.78 is 0. The Morgan fingerprint density at radius 1 is 0.321 bits per heavy atom. The third kappa shape index (κ3) is 3.83. The Morgan fingerprint density at radius 3 is 0.750 bits per heavy atom. The molecular formula is C28H32. The zero-order valence-corrected chi connectivity index (χ0v) is 18.6. The second kappa shape index (κ2) is 7.80. The minimum atomic E-state index is 1.36. The molecule has 0 N–H and O–H groups in total. The lowest BCUT2D eigenvalue weighted by molar-refractivity contribution is 1.34. The monoisotopic (exact) mass is 368 g/mol. The lowest BCUT2D eigenvalue weighted by Gasteiger charge is -2.11. The van der Waals surface area contributed by atoms with Gasteiger partial charge in [-0.2, -0.15) is 0 Å². The van der Waals surface area contributed by atoms with Crippen molar-refractivity contribution in [2.45, 2.75) is 55.4 Å². The quantitative estimate of drug-likeness (QED) is 0.294. The van der Waals surface area contributed by atoms with Gasteiger partial charge < -0.3 is 0 Å². The van der Waals surface area contributed by atoms with Crippen LogP contribution >= 0.6 is 0 Å². The Labute approximate surface area is 170 Å². The predicted molar refractivity (Wildman–Crippen MR) is 126 cm³/mol. The standard InChI is InChI=1S/2C14H16/c1-9-5-13-7-11(3)12(4)8-14(13)6-10(9)2;1-9-5-6-11(3)14-12(4)8-7-10(2)13(9)14/h2*5-8H,1-4H3. The lowest BCUT2D eigenvalue weighted by Crippen LogP contribution is -1.89. The highest BCUT2D eigenvalue weighted by Gasteiger charge is 2.05. The predicted octanol–water partition coefficient (Wildman–Crippen LogP) is 8.15. The number of fused-ring (bicyclic) bond motifs is 2. The fourth-order valence-corrected chi connectivity index (χ4v) is 4.05. The summed E-state index contributed by atoms with van der Waals surface area (Å²) >= 11 is 0. The summed E-state index contributed by atoms with van der Waals surface area (Å²) in [5.41, 5.74) is 11.0. The topological polar surface area (TPSA) is 0 Å². The van der Waals surface area contributed by atoms with Crippen LogP contribution in [0.4, 0.5) is 0 Å². The van der Waals surface area contributed by atoms with E-state index in [1.54, 1.807) is 0 Å². The average molecular weight is 369 g/mol. The summed E-state index contributed by atoms with van der Waals surface area (Å²) in [6.07, 6.45) is 0. The normalized spacial score (nSPS) is 10.9. The molecule has 0 amide bonds. The summed E-state index contributed by atoms with van der Waals surface area (Å²) in [5.74, 6) is 0. The van der Waals surface area contributed by atoms with E-state index in [1.807, 2.05) is 0 Å². The van der Waals surface area contributed by atoms with E-state index in [-0.39, 0.29) is 0 Å². The molecule has 0 nitrogen and oxygen atoms in total. The summed E-state index contributed by atoms with van der Waals surface area (Å²) in [6, 6.07) is 17.9. The SMILES string of the molecule is Cc1cc2cc(C)c(C)cc2cc1C.Cc1ccc(C)c2c(C)ccc(C)c12. The first-order chi connectivity index (χ1) is 13.2. The van der Waals surface area contributed by atoms with E-state index in [2.05, 4.69) is 104 Å². The molecule has 0 heteroatoms. The van der Waals surface area contributed by atoms with Gasteiger partial charge in [-0.3, -0.25) is 0 Å². The Kier molecular flexibility index (Phi) is 5.61. The molecule has 0 heterocycles. The van der Waals surface area contributed by atoms with Crippen molar-refractivity contribution in [2.24, 2.45) is 0 Å². The maximum absolute atomic E-state index is 2.27. The van der Waals surface area contributed by atoms with Crippen molar-refractivity contribution in [3.05, 3.63) is 93.0 Å². The molecule has 4 rings (SSSR count). The lowest BCUT2D eigenvalue weighted by atomic mass is 9.94. The fraction of sp³-hybridized carbons (Fsp3) is 0.286. The van der Waals surface area contributed by atoms with Gasteiger partial charge in [0.1, 0.15) is 0 Å². The van der Waals surface area contributed by atoms with Crippen LogP contribution < -0.4 is 0 Å². The first kappa shape index (κ1) is 20.1. The van der Waals surface area contributed by atoms with E-state index in [0.717, 1.165) is 0 Å². The van der Waals surface area contributed by atoms with E-state index < -0.39 is 0 Å². The van der Waals surface area contributed by atoms with Crippen LogP contribution in [0.1, 0.15) is 44.5 Å². The molecule has 4 aromatic rings. The molecule has 0 saturated heterocycles. The van der Waals surface area contributed by atoms with Crippen LogP contribution in [0.25, 0.3) is 21.5 Å². The number of hydrogen-bond donors (Lipinski definition) is 0. The van der Waals surface area contributed by atoms with Crippen molar-refractivity contribution < 1.29 is 0 Å². The molecule has 28 heavy (non-hydrogen) atoms. The van der Waals surface area contributed by atoms with Crippen molar-refractivity contribution in [1.82, 2.24) is 0 Å². The molecule has 0 bridgehead atoms. The van der Waals surface area contributed by atoms with Crippen molar-refractivity contribution in [2.75, 3.05) is 0 Å². The molecule has 0 atom stereocenters. The van der Waals surface area contributed by atoms with Crippen molar-refractivity contribution in [1.29, 1.82) is 0 Å². The van der Waals surface area contributed by atoms with Crippen LogP contribution in [0.15, 0.2) is 48.5 Å². The average Bonchev–Trinajstić information content (AvgIpc) is 2.64. The van der Waals surface area contributed by atoms with E-state index in [4.69, 9.17) is 0 Å². The molecule has 0 radical (unpaired) electrons. The Balaban J connectivity index is 0.000000161. The van der Waals surface area contributed by atoms with Gasteiger partial charge in [-0.25, -0.2) is 0 Å². The molecule has 0 fully saturated rings. The van der Waals surface area contributed by atoms with Crippen LogP contribution in [0, 0.1) is 55.4 Å². The molecule has 0 saturated carbocycles. The highest BCUT2D eigenvalue weighted by atomic mass is 14.1. The maximum Gasteiger partial charge on any atom is -0.0120 e. The van der Waals surface area contributed by atoms with Crippen LogP contribution in [0.2, 0.25) is 0 Å². The van der Waals surface area contributed by atoms with Gasteiger partial charge in [-0.15, -0.1) is 0 Å². The molecule has 0 aliphatic rings. The molecule has 4 aromatic carbocycles. The Bertz CT molecular complexity index is 998. The van der Waals surface area contributed by atoms with Crippen molar-refractivity contribution in [3.8, 4) is 0 Å². The fourth-order valence-electron chi connectivity index (χ4n) is 4.05. The summed E-state index contributed by atoms with van der Waals surface area (Å²) in [4.78, 5) is 0. The first-order valence-electron chi connectivity index (χ1n) is 10.1. The van der Waals surface area contributed by atoms with Gasteiger partial charge in [-0.1, -0.05) is 48.5 Å². The van der Waals surface area contributed by atoms with Gasteiger partial charge in [0, 0.05) is 0 Å². The van der Waals surface area contributed by atoms with Gasteiger partial charge in [0.25, 0.3) is 0 Å². The van der Waals surface area contributed by atoms with Crippen molar-refractivity contribution in [3.63, 3.8) is 0 Å². The largest absolute Gasteiger partial charge is 0.0584 e. The van der Waals surface area contributed by atoms with Gasteiger partial charge >= 0.3 is 0 Å². The highest BCUT2D eigenvalue weighted by Crippen LogP contribution is 2.28. The van der Waals surface area contributed by atoms with Crippen LogP contribution in [0.5, 0.6) is 0 Å². The van der Waals surface area contributed by atoms with Crippen LogP contribution in [-0.2, 0) is 0 Å². The summed E-state index contributed by atoms with van der Waals surface area (Å²) in [5, 5.41) is 5.59. The second-order valence-corrected chi connectivity index (χ2v) is 8.37. The van der Waals surface area contributed by atoms with E-state index in [0.29, 0.717) is 0 Å². The Hall–Kier alpha value is -2.60. The maximum atomic E-state index is 2.27. The van der Waals surface area contributed by atoms with E-state index in [1.165, 1.54) is 66.1 Å². The van der Waals surface area contributed by atoms with Gasteiger partial charge in [0.05, 0.1) is 0 Å². The van der Waals surface area contributed by atoms with E-state index in [9.17, 15) is 0 Å². The highest BCUT2D eigenvalue weighted by molar-refractivity contribution is 5.93. The number of hydrogen-bond acceptors (Lipinski definition) is 0. The van der Waals surface area contributed by atoms with Crippen LogP contribution in [0.3, 0.4) is 0 Å². The van der Waals surface area contributed by atoms with Crippen molar-refractivity contribution >= 4 is 21.5 Å². The van der Waals surface area contributed by atoms with Gasteiger partial charge in [0.15, 0.2) is 0 Å². The third-order valence-electron chi connectivity index (χ3n) is 6.06. The van der Waals surface area contributed by atoms with Gasteiger partial charge in [-0.05, 0) is 121 Å². The first-order valence-corrected chi connectivity index (χ1v) is 10.1. The molecule has 0 aliphatic heterocycles. The third-order valence-corrected chi connectivity index (χ3v) is 6.06. The van der Waals surface area contributed by atoms with Gasteiger partial charge in [0.2, 0.25) is 0 Å². The smallest absolute Gasteiger partial charge is 0.0120 e. The molecule has 0 aromatic heterocycles. The number of aryl methyl sites for hydroxylation is 8. The minimum Gasteiger partial charge on any atom is -0.0584 e. The zero-order valence-electron chi connectivity index (χ0n) is 18.6. The number of rotatable bonds is 0. The second-order valence-electron chi connectivity index (χ2n) is 8.37. The summed E-state index contributed by atoms with van der Waals surface area (Å²) in [7, 11) is 0.